The third kappa shape index (κ3) is 4.47. The number of carbonyl (C=O) groups is 1. The van der Waals surface area contributed by atoms with E-state index in [0.29, 0.717) is 18.7 Å². The number of amides is 1. The number of hydrogen-bond acceptors (Lipinski definition) is 3. The Hall–Kier alpha value is -2.04. The van der Waals surface area contributed by atoms with Crippen LogP contribution in [-0.2, 0) is 13.1 Å². The standard InChI is InChI=1S/C18H20N2O2.ClH/c1-13-2-4-14(5-3-13)11-20-18(21)15-6-7-17-16(10-15)12-19-8-9-22-17;/h2-7,10,19H,8-9,11-12H2,1H3,(H,20,21);1H. The molecule has 5 heteroatoms. The second kappa shape index (κ2) is 7.99. The molecule has 0 fully saturated rings. The van der Waals surface area contributed by atoms with Crippen molar-refractivity contribution in [1.29, 1.82) is 0 Å². The minimum atomic E-state index is -0.0624. The van der Waals surface area contributed by atoms with Crippen LogP contribution in [0.4, 0.5) is 0 Å². The molecule has 1 heterocycles. The van der Waals surface area contributed by atoms with E-state index < -0.39 is 0 Å². The lowest BCUT2D eigenvalue weighted by molar-refractivity contribution is 0.0951. The molecule has 23 heavy (non-hydrogen) atoms. The molecule has 1 aliphatic rings. The van der Waals surface area contributed by atoms with Gasteiger partial charge in [-0.15, -0.1) is 12.4 Å². The van der Waals surface area contributed by atoms with Gasteiger partial charge >= 0.3 is 0 Å². The van der Waals surface area contributed by atoms with Gasteiger partial charge in [0.05, 0.1) is 0 Å². The van der Waals surface area contributed by atoms with Crippen molar-refractivity contribution < 1.29 is 9.53 Å². The van der Waals surface area contributed by atoms with Gasteiger partial charge in [-0.25, -0.2) is 0 Å². The molecule has 122 valence electrons. The largest absolute Gasteiger partial charge is 0.492 e. The summed E-state index contributed by atoms with van der Waals surface area (Å²) in [6.07, 6.45) is 0. The van der Waals surface area contributed by atoms with Gasteiger partial charge < -0.3 is 15.4 Å². The third-order valence-electron chi connectivity index (χ3n) is 3.75. The molecule has 0 aromatic heterocycles. The van der Waals surface area contributed by atoms with E-state index in [0.717, 1.165) is 30.0 Å². The first-order chi connectivity index (χ1) is 10.7. The van der Waals surface area contributed by atoms with E-state index in [-0.39, 0.29) is 18.3 Å². The zero-order chi connectivity index (χ0) is 15.4. The summed E-state index contributed by atoms with van der Waals surface area (Å²) in [5.74, 6) is 0.799. The third-order valence-corrected chi connectivity index (χ3v) is 3.75. The Labute approximate surface area is 142 Å². The Kier molecular flexibility index (Phi) is 6.02. The van der Waals surface area contributed by atoms with E-state index >= 15 is 0 Å². The van der Waals surface area contributed by atoms with Gasteiger partial charge in [-0.3, -0.25) is 4.79 Å². The average Bonchev–Trinajstić information content (AvgIpc) is 2.78. The molecule has 0 atom stereocenters. The lowest BCUT2D eigenvalue weighted by Gasteiger charge is -2.10. The Morgan fingerprint density at radius 3 is 2.78 bits per heavy atom. The number of ether oxygens (including phenoxy) is 1. The Morgan fingerprint density at radius 1 is 1.22 bits per heavy atom. The van der Waals surface area contributed by atoms with Crippen LogP contribution in [-0.4, -0.2) is 19.1 Å². The highest BCUT2D eigenvalue weighted by atomic mass is 35.5. The minimum absolute atomic E-state index is 0. The number of nitrogens with one attached hydrogen (secondary N) is 2. The molecule has 1 aliphatic heterocycles. The van der Waals surface area contributed by atoms with E-state index in [1.807, 2.05) is 49.4 Å². The van der Waals surface area contributed by atoms with Crippen LogP contribution in [0.1, 0.15) is 27.0 Å². The monoisotopic (exact) mass is 332 g/mol. The van der Waals surface area contributed by atoms with E-state index in [9.17, 15) is 4.79 Å². The maximum absolute atomic E-state index is 12.3. The van der Waals surface area contributed by atoms with E-state index in [4.69, 9.17) is 4.74 Å². The van der Waals surface area contributed by atoms with Gasteiger partial charge in [0.2, 0.25) is 0 Å². The Bertz CT molecular complexity index is 671. The fourth-order valence-electron chi connectivity index (χ4n) is 2.45. The van der Waals surface area contributed by atoms with Crippen LogP contribution in [0, 0.1) is 6.92 Å². The first kappa shape index (κ1) is 17.3. The summed E-state index contributed by atoms with van der Waals surface area (Å²) in [4.78, 5) is 12.3. The number of rotatable bonds is 3. The van der Waals surface area contributed by atoms with E-state index in [1.54, 1.807) is 0 Å². The highest BCUT2D eigenvalue weighted by Crippen LogP contribution is 2.21. The highest BCUT2D eigenvalue weighted by molar-refractivity contribution is 5.94. The van der Waals surface area contributed by atoms with Gasteiger partial charge in [0.25, 0.3) is 5.91 Å². The highest BCUT2D eigenvalue weighted by Gasteiger charge is 2.12. The summed E-state index contributed by atoms with van der Waals surface area (Å²) in [5.41, 5.74) is 4.01. The normalized spacial score (nSPS) is 13.1. The van der Waals surface area contributed by atoms with Crippen LogP contribution in [0.25, 0.3) is 0 Å². The molecule has 0 spiro atoms. The first-order valence-electron chi connectivity index (χ1n) is 7.52. The summed E-state index contributed by atoms with van der Waals surface area (Å²) < 4.78 is 5.63. The quantitative estimate of drug-likeness (QED) is 0.908. The number of carbonyl (C=O) groups excluding carboxylic acids is 1. The molecular weight excluding hydrogens is 312 g/mol. The number of halogens is 1. The molecule has 0 saturated carbocycles. The summed E-state index contributed by atoms with van der Waals surface area (Å²) in [6, 6.07) is 13.8. The van der Waals surface area contributed by atoms with Crippen molar-refractivity contribution in [2.75, 3.05) is 13.2 Å². The average molecular weight is 333 g/mol. The second-order valence-electron chi connectivity index (χ2n) is 5.52. The van der Waals surface area contributed by atoms with Crippen LogP contribution < -0.4 is 15.4 Å². The Balaban J connectivity index is 0.00000192. The zero-order valence-electron chi connectivity index (χ0n) is 13.1. The smallest absolute Gasteiger partial charge is 0.251 e. The van der Waals surface area contributed by atoms with E-state index in [2.05, 4.69) is 10.6 Å². The van der Waals surface area contributed by atoms with Crippen molar-refractivity contribution in [2.45, 2.75) is 20.0 Å². The van der Waals surface area contributed by atoms with Crippen LogP contribution in [0.2, 0.25) is 0 Å². The summed E-state index contributed by atoms with van der Waals surface area (Å²) >= 11 is 0. The molecule has 3 rings (SSSR count). The molecule has 0 radical (unpaired) electrons. The fraction of sp³-hybridized carbons (Fsp3) is 0.278. The lowest BCUT2D eigenvalue weighted by atomic mass is 10.1. The molecule has 0 unspecified atom stereocenters. The molecule has 4 nitrogen and oxygen atoms in total. The predicted molar refractivity (Wildman–Crippen MR) is 93.2 cm³/mol. The zero-order valence-corrected chi connectivity index (χ0v) is 13.9. The Morgan fingerprint density at radius 2 is 2.00 bits per heavy atom. The topological polar surface area (TPSA) is 50.4 Å². The number of hydrogen-bond donors (Lipinski definition) is 2. The molecule has 0 aliphatic carbocycles. The van der Waals surface area contributed by atoms with Crippen molar-refractivity contribution >= 4 is 18.3 Å². The number of aryl methyl sites for hydroxylation is 1. The van der Waals surface area contributed by atoms with Gasteiger partial charge in [0.1, 0.15) is 12.4 Å². The molecule has 0 saturated heterocycles. The van der Waals surface area contributed by atoms with E-state index in [1.165, 1.54) is 5.56 Å². The van der Waals surface area contributed by atoms with Crippen LogP contribution >= 0.6 is 12.4 Å². The second-order valence-corrected chi connectivity index (χ2v) is 5.52. The molecule has 2 N–H and O–H groups in total. The maximum Gasteiger partial charge on any atom is 0.251 e. The molecular formula is C18H21ClN2O2. The maximum atomic E-state index is 12.3. The van der Waals surface area contributed by atoms with Gasteiger partial charge in [0, 0.05) is 30.8 Å². The number of benzene rings is 2. The molecule has 2 aromatic rings. The minimum Gasteiger partial charge on any atom is -0.492 e. The van der Waals surface area contributed by atoms with Gasteiger partial charge in [-0.1, -0.05) is 29.8 Å². The summed E-state index contributed by atoms with van der Waals surface area (Å²) in [7, 11) is 0. The SMILES string of the molecule is Cc1ccc(CNC(=O)c2ccc3c(c2)CNCCO3)cc1.Cl. The lowest BCUT2D eigenvalue weighted by Crippen LogP contribution is -2.23. The van der Waals surface area contributed by atoms with Gasteiger partial charge in [-0.2, -0.15) is 0 Å². The first-order valence-corrected chi connectivity index (χ1v) is 7.52. The van der Waals surface area contributed by atoms with Gasteiger partial charge in [-0.05, 0) is 30.7 Å². The molecule has 2 aromatic carbocycles. The van der Waals surface area contributed by atoms with Crippen LogP contribution in [0.3, 0.4) is 0 Å². The number of fused-ring (bicyclic) bond motifs is 1. The van der Waals surface area contributed by atoms with Crippen molar-refractivity contribution in [3.05, 3.63) is 64.7 Å². The van der Waals surface area contributed by atoms with Crippen molar-refractivity contribution in [3.63, 3.8) is 0 Å². The fourth-order valence-corrected chi connectivity index (χ4v) is 2.45. The summed E-state index contributed by atoms with van der Waals surface area (Å²) in [6.45, 7) is 4.79. The van der Waals surface area contributed by atoms with Crippen molar-refractivity contribution in [2.24, 2.45) is 0 Å². The predicted octanol–water partition coefficient (Wildman–Crippen LogP) is 2.83. The summed E-state index contributed by atoms with van der Waals surface area (Å²) in [5, 5.41) is 6.23. The van der Waals surface area contributed by atoms with Crippen LogP contribution in [0.5, 0.6) is 5.75 Å². The van der Waals surface area contributed by atoms with Crippen LogP contribution in [0.15, 0.2) is 42.5 Å². The van der Waals surface area contributed by atoms with Crippen molar-refractivity contribution in [3.8, 4) is 5.75 Å². The van der Waals surface area contributed by atoms with Crippen molar-refractivity contribution in [1.82, 2.24) is 10.6 Å². The van der Waals surface area contributed by atoms with Gasteiger partial charge in [0.15, 0.2) is 0 Å². The molecule has 1 amide bonds. The molecule has 0 bridgehead atoms.